The highest BCUT2D eigenvalue weighted by atomic mass is 32.2. The molecule has 0 aromatic heterocycles. The molecule has 0 rings (SSSR count). The molecule has 0 aliphatic heterocycles. The quantitative estimate of drug-likeness (QED) is 0.332. The van der Waals surface area contributed by atoms with Crippen molar-refractivity contribution in [1.29, 1.82) is 0 Å². The first kappa shape index (κ1) is 9.67. The van der Waals surface area contributed by atoms with Crippen molar-refractivity contribution in [3.63, 3.8) is 0 Å². The van der Waals surface area contributed by atoms with E-state index in [1.807, 2.05) is 0 Å². The third-order valence-corrected chi connectivity index (χ3v) is 2.11. The third-order valence-electron chi connectivity index (χ3n) is 1.09. The lowest BCUT2D eigenvalue weighted by Crippen LogP contribution is -2.46. The highest BCUT2D eigenvalue weighted by molar-refractivity contribution is 7.99. The summed E-state index contributed by atoms with van der Waals surface area (Å²) < 4.78 is 0. The van der Waals surface area contributed by atoms with Crippen LogP contribution in [0.2, 0.25) is 0 Å². The lowest BCUT2D eigenvalue weighted by molar-refractivity contribution is -0.521. The van der Waals surface area contributed by atoms with Crippen LogP contribution in [0.4, 0.5) is 0 Å². The molecule has 0 heterocycles. The third kappa shape index (κ3) is 2.51. The Hall–Kier alpha value is -0.330. The largest absolute Gasteiger partial charge is 0.301 e. The topological polar surface area (TPSA) is 81.2 Å². The van der Waals surface area contributed by atoms with Gasteiger partial charge in [0.1, 0.15) is 5.37 Å². The maximum Gasteiger partial charge on any atom is 0.288 e. The Labute approximate surface area is 63.5 Å². The van der Waals surface area contributed by atoms with Crippen molar-refractivity contribution in [3.05, 3.63) is 10.1 Å². The lowest BCUT2D eigenvalue weighted by atomic mass is 10.5. The minimum absolute atomic E-state index is 0.310. The predicted molar refractivity (Wildman–Crippen MR) is 41.3 cm³/mol. The molecule has 0 saturated carbocycles. The first-order chi connectivity index (χ1) is 4.63. The lowest BCUT2D eigenvalue weighted by Gasteiger charge is -2.13. The van der Waals surface area contributed by atoms with Gasteiger partial charge in [-0.05, 0) is 13.3 Å². The second-order valence-electron chi connectivity index (χ2n) is 1.72. The van der Waals surface area contributed by atoms with Crippen molar-refractivity contribution in [2.75, 3.05) is 13.3 Å². The van der Waals surface area contributed by atoms with Crippen LogP contribution in [-0.4, -0.2) is 29.8 Å². The van der Waals surface area contributed by atoms with E-state index in [9.17, 15) is 10.1 Å². The average molecular weight is 165 g/mol. The molecular formula is C4H11N3O2S. The summed E-state index contributed by atoms with van der Waals surface area (Å²) in [6, 6.07) is 0. The van der Waals surface area contributed by atoms with Gasteiger partial charge in [-0.25, -0.2) is 0 Å². The van der Waals surface area contributed by atoms with Gasteiger partial charge in [0.05, 0.1) is 0 Å². The van der Waals surface area contributed by atoms with Gasteiger partial charge < -0.3 is 5.32 Å². The smallest absolute Gasteiger partial charge is 0.288 e. The van der Waals surface area contributed by atoms with E-state index >= 15 is 0 Å². The Balaban J connectivity index is 3.88. The van der Waals surface area contributed by atoms with Crippen molar-refractivity contribution in [3.8, 4) is 0 Å². The molecule has 0 bridgehead atoms. The van der Waals surface area contributed by atoms with E-state index in [0.29, 0.717) is 0 Å². The molecule has 0 aromatic rings. The summed E-state index contributed by atoms with van der Waals surface area (Å²) in [5.74, 6) is 0. The average Bonchev–Trinajstić information content (AvgIpc) is 1.90. The molecule has 6 heteroatoms. The number of nitro groups is 1. The van der Waals surface area contributed by atoms with E-state index in [4.69, 9.17) is 5.73 Å². The predicted octanol–water partition coefficient (Wildman–Crippen LogP) is -0.544. The van der Waals surface area contributed by atoms with E-state index in [1.54, 1.807) is 13.3 Å². The van der Waals surface area contributed by atoms with Gasteiger partial charge in [0.2, 0.25) is 0 Å². The van der Waals surface area contributed by atoms with Gasteiger partial charge in [0.15, 0.2) is 0 Å². The molecule has 60 valence electrons. The van der Waals surface area contributed by atoms with Crippen molar-refractivity contribution in [2.45, 2.75) is 11.5 Å². The fourth-order valence-electron chi connectivity index (χ4n) is 0.539. The highest BCUT2D eigenvalue weighted by Gasteiger charge is 2.23. The van der Waals surface area contributed by atoms with Crippen LogP contribution in [-0.2, 0) is 0 Å². The Morgan fingerprint density at radius 2 is 2.30 bits per heavy atom. The highest BCUT2D eigenvalue weighted by Crippen LogP contribution is 2.05. The second-order valence-corrected chi connectivity index (χ2v) is 2.70. The molecule has 0 aromatic carbocycles. The van der Waals surface area contributed by atoms with Crippen molar-refractivity contribution >= 4 is 11.8 Å². The standard InChI is InChI=1S/C4H11N3O2S/c1-6-4(10-2)3(5)7(8)9/h3-4,6H,5H2,1-2H3. The van der Waals surface area contributed by atoms with Crippen LogP contribution < -0.4 is 11.1 Å². The van der Waals surface area contributed by atoms with Crippen LogP contribution in [0.3, 0.4) is 0 Å². The number of hydrogen-bond donors (Lipinski definition) is 2. The summed E-state index contributed by atoms with van der Waals surface area (Å²) in [5.41, 5.74) is 5.20. The maximum absolute atomic E-state index is 10.1. The summed E-state index contributed by atoms with van der Waals surface area (Å²) >= 11 is 1.33. The normalized spacial score (nSPS) is 16.3. The Bertz CT molecular complexity index is 117. The van der Waals surface area contributed by atoms with Crippen molar-refractivity contribution in [1.82, 2.24) is 5.32 Å². The summed E-state index contributed by atoms with van der Waals surface area (Å²) in [4.78, 5) is 9.58. The van der Waals surface area contributed by atoms with E-state index < -0.39 is 11.1 Å². The van der Waals surface area contributed by atoms with E-state index in [0.717, 1.165) is 0 Å². The van der Waals surface area contributed by atoms with Crippen molar-refractivity contribution in [2.24, 2.45) is 5.73 Å². The van der Waals surface area contributed by atoms with Crippen LogP contribution in [0.25, 0.3) is 0 Å². The molecular weight excluding hydrogens is 154 g/mol. The molecule has 10 heavy (non-hydrogen) atoms. The minimum Gasteiger partial charge on any atom is -0.301 e. The van der Waals surface area contributed by atoms with Crippen LogP contribution in [0.15, 0.2) is 0 Å². The molecule has 0 aliphatic carbocycles. The second kappa shape index (κ2) is 4.48. The fraction of sp³-hybridized carbons (Fsp3) is 1.00. The summed E-state index contributed by atoms with van der Waals surface area (Å²) in [6.07, 6.45) is 0.741. The van der Waals surface area contributed by atoms with Gasteiger partial charge >= 0.3 is 0 Å². The number of rotatable bonds is 4. The summed E-state index contributed by atoms with van der Waals surface area (Å²) in [7, 11) is 1.64. The zero-order valence-corrected chi connectivity index (χ0v) is 6.72. The molecule has 0 radical (unpaired) electrons. The van der Waals surface area contributed by atoms with Gasteiger partial charge in [-0.3, -0.25) is 15.8 Å². The van der Waals surface area contributed by atoms with E-state index in [1.165, 1.54) is 11.8 Å². The molecule has 0 aliphatic rings. The molecule has 3 N–H and O–H groups in total. The number of thioether (sulfide) groups is 1. The van der Waals surface area contributed by atoms with E-state index in [-0.39, 0.29) is 5.37 Å². The molecule has 0 saturated heterocycles. The molecule has 0 fully saturated rings. The summed E-state index contributed by atoms with van der Waals surface area (Å²) in [6.45, 7) is 0. The minimum atomic E-state index is -1.03. The van der Waals surface area contributed by atoms with Crippen LogP contribution in [0, 0.1) is 10.1 Å². The Kier molecular flexibility index (Phi) is 4.33. The van der Waals surface area contributed by atoms with Gasteiger partial charge in [0.25, 0.3) is 6.17 Å². The van der Waals surface area contributed by atoms with Gasteiger partial charge in [0, 0.05) is 4.92 Å². The number of nitrogens with two attached hydrogens (primary N) is 1. The van der Waals surface area contributed by atoms with Crippen LogP contribution in [0.5, 0.6) is 0 Å². The monoisotopic (exact) mass is 165 g/mol. The van der Waals surface area contributed by atoms with Crippen LogP contribution in [0.1, 0.15) is 0 Å². The first-order valence-electron chi connectivity index (χ1n) is 2.72. The Morgan fingerprint density at radius 1 is 1.80 bits per heavy atom. The molecule has 5 nitrogen and oxygen atoms in total. The number of hydrogen-bond acceptors (Lipinski definition) is 5. The number of nitrogens with one attached hydrogen (secondary N) is 1. The first-order valence-corrected chi connectivity index (χ1v) is 4.01. The summed E-state index contributed by atoms with van der Waals surface area (Å²) in [5, 5.41) is 12.5. The van der Waals surface area contributed by atoms with Crippen molar-refractivity contribution < 1.29 is 4.92 Å². The zero-order valence-electron chi connectivity index (χ0n) is 5.90. The molecule has 0 amide bonds. The molecule has 2 atom stereocenters. The molecule has 0 spiro atoms. The number of nitrogens with zero attached hydrogens (tertiary/aromatic N) is 1. The SMILES string of the molecule is CNC(SC)C(N)[N+](=O)[O-]. The van der Waals surface area contributed by atoms with Crippen LogP contribution >= 0.6 is 11.8 Å². The zero-order chi connectivity index (χ0) is 8.15. The van der Waals surface area contributed by atoms with Gasteiger partial charge in [-0.1, -0.05) is 0 Å². The fourth-order valence-corrected chi connectivity index (χ4v) is 1.15. The van der Waals surface area contributed by atoms with Gasteiger partial charge in [-0.2, -0.15) is 0 Å². The van der Waals surface area contributed by atoms with Gasteiger partial charge in [-0.15, -0.1) is 11.8 Å². The van der Waals surface area contributed by atoms with E-state index in [2.05, 4.69) is 5.32 Å². The number of likely N-dealkylation sites (N-methyl/N-ethyl adjacent to an activating group) is 1. The molecule has 2 unspecified atom stereocenters. The maximum atomic E-state index is 10.1. The Morgan fingerprint density at radius 3 is 2.40 bits per heavy atom.